The number of thiazole rings is 1. The highest BCUT2D eigenvalue weighted by Gasteiger charge is 2.27. The zero-order valence-corrected chi connectivity index (χ0v) is 13.2. The second kappa shape index (κ2) is 6.42. The van der Waals surface area contributed by atoms with E-state index in [1.165, 1.54) is 25.7 Å². The molecule has 2 heterocycles. The molecule has 0 bridgehead atoms. The summed E-state index contributed by atoms with van der Waals surface area (Å²) in [6.45, 7) is 3.81. The molecule has 1 aromatic heterocycles. The van der Waals surface area contributed by atoms with E-state index in [0.29, 0.717) is 19.0 Å². The van der Waals surface area contributed by atoms with Gasteiger partial charge in [-0.3, -0.25) is 4.79 Å². The SMILES string of the molecule is Cc1nc(C2CCCC2)sc1C(=O)NCC1CNCC1O. The first-order chi connectivity index (χ1) is 10.1. The van der Waals surface area contributed by atoms with E-state index in [4.69, 9.17) is 0 Å². The Bertz CT molecular complexity index is 511. The first-order valence-corrected chi connectivity index (χ1v) is 8.61. The molecule has 1 amide bonds. The van der Waals surface area contributed by atoms with Crippen LogP contribution < -0.4 is 10.6 Å². The fraction of sp³-hybridized carbons (Fsp3) is 0.733. The number of aryl methyl sites for hydroxylation is 1. The highest BCUT2D eigenvalue weighted by molar-refractivity contribution is 7.13. The zero-order valence-electron chi connectivity index (χ0n) is 12.4. The van der Waals surface area contributed by atoms with E-state index >= 15 is 0 Å². The summed E-state index contributed by atoms with van der Waals surface area (Å²) in [6, 6.07) is 0. The summed E-state index contributed by atoms with van der Waals surface area (Å²) in [6.07, 6.45) is 4.60. The normalized spacial score (nSPS) is 26.4. The van der Waals surface area contributed by atoms with Crippen molar-refractivity contribution in [1.82, 2.24) is 15.6 Å². The van der Waals surface area contributed by atoms with Gasteiger partial charge < -0.3 is 15.7 Å². The van der Waals surface area contributed by atoms with Crippen LogP contribution in [0.1, 0.15) is 52.0 Å². The third-order valence-corrected chi connectivity index (χ3v) is 5.87. The first-order valence-electron chi connectivity index (χ1n) is 7.79. The number of carbonyl (C=O) groups is 1. The molecule has 1 aromatic rings. The molecule has 1 aliphatic carbocycles. The van der Waals surface area contributed by atoms with E-state index in [-0.39, 0.29) is 17.9 Å². The smallest absolute Gasteiger partial charge is 0.263 e. The van der Waals surface area contributed by atoms with Gasteiger partial charge >= 0.3 is 0 Å². The van der Waals surface area contributed by atoms with Crippen LogP contribution in [0, 0.1) is 12.8 Å². The number of carbonyl (C=O) groups excluding carboxylic acids is 1. The van der Waals surface area contributed by atoms with Crippen molar-refractivity contribution in [3.8, 4) is 0 Å². The summed E-state index contributed by atoms with van der Waals surface area (Å²) in [5.41, 5.74) is 0.837. The van der Waals surface area contributed by atoms with E-state index in [9.17, 15) is 9.90 Å². The number of hydrogen-bond acceptors (Lipinski definition) is 5. The summed E-state index contributed by atoms with van der Waals surface area (Å²) >= 11 is 1.55. The molecule has 116 valence electrons. The molecule has 3 rings (SSSR count). The van der Waals surface area contributed by atoms with Gasteiger partial charge in [-0.2, -0.15) is 0 Å². The lowest BCUT2D eigenvalue weighted by molar-refractivity contribution is 0.0930. The van der Waals surface area contributed by atoms with E-state index < -0.39 is 0 Å². The van der Waals surface area contributed by atoms with Crippen LogP contribution >= 0.6 is 11.3 Å². The maximum Gasteiger partial charge on any atom is 0.263 e. The van der Waals surface area contributed by atoms with Gasteiger partial charge in [-0.05, 0) is 19.8 Å². The topological polar surface area (TPSA) is 74.2 Å². The fourth-order valence-electron chi connectivity index (χ4n) is 3.21. The summed E-state index contributed by atoms with van der Waals surface area (Å²) in [4.78, 5) is 17.7. The molecule has 6 heteroatoms. The van der Waals surface area contributed by atoms with Gasteiger partial charge in [0.25, 0.3) is 5.91 Å². The third-order valence-electron chi connectivity index (χ3n) is 4.55. The maximum atomic E-state index is 12.3. The highest BCUT2D eigenvalue weighted by atomic mass is 32.1. The molecule has 1 saturated carbocycles. The molecule has 0 aromatic carbocycles. The quantitative estimate of drug-likeness (QED) is 0.786. The van der Waals surface area contributed by atoms with Gasteiger partial charge in [0.05, 0.1) is 16.8 Å². The largest absolute Gasteiger partial charge is 0.391 e. The second-order valence-electron chi connectivity index (χ2n) is 6.14. The van der Waals surface area contributed by atoms with Gasteiger partial charge in [-0.25, -0.2) is 4.98 Å². The summed E-state index contributed by atoms with van der Waals surface area (Å²) in [5, 5.41) is 16.9. The Kier molecular flexibility index (Phi) is 4.57. The Morgan fingerprint density at radius 2 is 2.19 bits per heavy atom. The molecule has 0 spiro atoms. The number of aromatic nitrogens is 1. The van der Waals surface area contributed by atoms with Crippen LogP contribution in [-0.4, -0.2) is 41.7 Å². The van der Waals surface area contributed by atoms with Crippen LogP contribution in [0.4, 0.5) is 0 Å². The minimum Gasteiger partial charge on any atom is -0.391 e. The Labute approximate surface area is 129 Å². The average Bonchev–Trinajstić information content (AvgIpc) is 3.16. The van der Waals surface area contributed by atoms with Gasteiger partial charge in [0, 0.05) is 31.5 Å². The second-order valence-corrected chi connectivity index (χ2v) is 7.17. The molecule has 2 fully saturated rings. The fourth-order valence-corrected chi connectivity index (χ4v) is 4.36. The van der Waals surface area contributed by atoms with Crippen LogP contribution in [0.2, 0.25) is 0 Å². The lowest BCUT2D eigenvalue weighted by atomic mass is 10.1. The summed E-state index contributed by atoms with van der Waals surface area (Å²) in [5.74, 6) is 0.612. The van der Waals surface area contributed by atoms with Crippen LogP contribution in [0.15, 0.2) is 0 Å². The van der Waals surface area contributed by atoms with E-state index in [0.717, 1.165) is 22.1 Å². The number of β-amino-alcohol motifs (C(OH)–C–C–N with tert-alkyl or cyclic N) is 1. The molecule has 1 aliphatic heterocycles. The lowest BCUT2D eigenvalue weighted by Crippen LogP contribution is -2.34. The standard InChI is InChI=1S/C15H23N3O2S/c1-9-13(21-15(18-9)10-4-2-3-5-10)14(20)17-7-11-6-16-8-12(11)19/h10-12,16,19H,2-8H2,1H3,(H,17,20). The Morgan fingerprint density at radius 3 is 2.86 bits per heavy atom. The Morgan fingerprint density at radius 1 is 1.43 bits per heavy atom. The van der Waals surface area contributed by atoms with Crippen molar-refractivity contribution < 1.29 is 9.90 Å². The van der Waals surface area contributed by atoms with Gasteiger partial charge in [-0.15, -0.1) is 11.3 Å². The minimum absolute atomic E-state index is 0.0478. The number of aliphatic hydroxyl groups is 1. The lowest BCUT2D eigenvalue weighted by Gasteiger charge is -2.13. The van der Waals surface area contributed by atoms with Gasteiger partial charge in [0.15, 0.2) is 0 Å². The van der Waals surface area contributed by atoms with Crippen molar-refractivity contribution in [3.05, 3.63) is 15.6 Å². The molecule has 2 unspecified atom stereocenters. The van der Waals surface area contributed by atoms with E-state index in [1.807, 2.05) is 6.92 Å². The Balaban J connectivity index is 1.61. The molecular formula is C15H23N3O2S. The number of hydrogen-bond donors (Lipinski definition) is 3. The highest BCUT2D eigenvalue weighted by Crippen LogP contribution is 2.37. The van der Waals surface area contributed by atoms with Crippen molar-refractivity contribution in [1.29, 1.82) is 0 Å². The molecule has 3 N–H and O–H groups in total. The number of amides is 1. The monoisotopic (exact) mass is 309 g/mol. The number of rotatable bonds is 4. The van der Waals surface area contributed by atoms with E-state index in [2.05, 4.69) is 15.6 Å². The molecule has 21 heavy (non-hydrogen) atoms. The van der Waals surface area contributed by atoms with Crippen molar-refractivity contribution >= 4 is 17.2 Å². The Hall–Kier alpha value is -0.980. The van der Waals surface area contributed by atoms with Gasteiger partial charge in [0.1, 0.15) is 4.88 Å². The van der Waals surface area contributed by atoms with Crippen molar-refractivity contribution in [2.24, 2.45) is 5.92 Å². The molecule has 0 radical (unpaired) electrons. The van der Waals surface area contributed by atoms with Gasteiger partial charge in [0.2, 0.25) is 0 Å². The van der Waals surface area contributed by atoms with E-state index in [1.54, 1.807) is 11.3 Å². The molecule has 5 nitrogen and oxygen atoms in total. The number of nitrogens with one attached hydrogen (secondary N) is 2. The van der Waals surface area contributed by atoms with Crippen molar-refractivity contribution in [2.45, 2.75) is 44.6 Å². The summed E-state index contributed by atoms with van der Waals surface area (Å²) in [7, 11) is 0. The number of nitrogens with zero attached hydrogens (tertiary/aromatic N) is 1. The van der Waals surface area contributed by atoms with Crippen LogP contribution in [0.25, 0.3) is 0 Å². The van der Waals surface area contributed by atoms with Gasteiger partial charge in [-0.1, -0.05) is 12.8 Å². The van der Waals surface area contributed by atoms with Crippen molar-refractivity contribution in [2.75, 3.05) is 19.6 Å². The van der Waals surface area contributed by atoms with Crippen LogP contribution in [0.5, 0.6) is 0 Å². The third kappa shape index (κ3) is 3.27. The molecular weight excluding hydrogens is 286 g/mol. The predicted molar refractivity (Wildman–Crippen MR) is 82.8 cm³/mol. The number of aliphatic hydroxyl groups excluding tert-OH is 1. The first kappa shape index (κ1) is 14.9. The molecule has 2 aliphatic rings. The minimum atomic E-state index is -0.359. The molecule has 2 atom stereocenters. The zero-order chi connectivity index (χ0) is 14.8. The molecule has 1 saturated heterocycles. The predicted octanol–water partition coefficient (Wildman–Crippen LogP) is 1.42. The van der Waals surface area contributed by atoms with Crippen LogP contribution in [0.3, 0.4) is 0 Å². The summed E-state index contributed by atoms with van der Waals surface area (Å²) < 4.78 is 0. The van der Waals surface area contributed by atoms with Crippen LogP contribution in [-0.2, 0) is 0 Å². The average molecular weight is 309 g/mol. The van der Waals surface area contributed by atoms with Crippen molar-refractivity contribution in [3.63, 3.8) is 0 Å². The maximum absolute atomic E-state index is 12.3.